The quantitative estimate of drug-likeness (QED) is 0.724. The first-order valence-electron chi connectivity index (χ1n) is 7.07. The Kier molecular flexibility index (Phi) is 2.44. The third kappa shape index (κ3) is 1.69. The van der Waals surface area contributed by atoms with Gasteiger partial charge >= 0.3 is 0 Å². The van der Waals surface area contributed by atoms with Gasteiger partial charge in [-0.3, -0.25) is 0 Å². The third-order valence-electron chi connectivity index (χ3n) is 4.25. The van der Waals surface area contributed by atoms with Crippen molar-refractivity contribution < 1.29 is 0 Å². The molecule has 0 radical (unpaired) electrons. The van der Waals surface area contributed by atoms with Gasteiger partial charge in [0.2, 0.25) is 0 Å². The van der Waals surface area contributed by atoms with Gasteiger partial charge in [-0.25, -0.2) is 0 Å². The van der Waals surface area contributed by atoms with Crippen LogP contribution in [0.25, 0.3) is 6.08 Å². The van der Waals surface area contributed by atoms with Crippen molar-refractivity contribution >= 4 is 17.5 Å². The summed E-state index contributed by atoms with van der Waals surface area (Å²) in [5.41, 5.74) is 7.32. The van der Waals surface area contributed by atoms with Gasteiger partial charge < -0.3 is 4.90 Å². The van der Waals surface area contributed by atoms with Crippen LogP contribution in [0, 0.1) is 0 Å². The lowest BCUT2D eigenvalue weighted by atomic mass is 9.91. The maximum Gasteiger partial charge on any atom is 0.0447 e. The molecule has 2 aromatic carbocycles. The Hall–Kier alpha value is -2.02. The highest BCUT2D eigenvalue weighted by Gasteiger charge is 2.24. The summed E-state index contributed by atoms with van der Waals surface area (Å²) in [5, 5.41) is 0. The summed E-state index contributed by atoms with van der Waals surface area (Å²) in [4.78, 5) is 2.45. The number of nitrogens with zero attached hydrogens (tertiary/aromatic N) is 1. The summed E-state index contributed by atoms with van der Waals surface area (Å²) in [5.74, 6) is 0. The lowest BCUT2D eigenvalue weighted by Gasteiger charge is -2.21. The zero-order chi connectivity index (χ0) is 12.7. The summed E-state index contributed by atoms with van der Waals surface area (Å²) in [6, 6.07) is 15.3. The molecule has 1 aliphatic heterocycles. The molecular formula is C18H17N. The van der Waals surface area contributed by atoms with Crippen molar-refractivity contribution in [3.63, 3.8) is 0 Å². The standard InChI is InChI=1S/C18H17N/c1-2-7-15(8-3-1)19-13-12-17-16-9-5-4-6-14(16)10-11-18(17)19/h1-4,6-8,10-11H,5,9,12-13H2. The van der Waals surface area contributed by atoms with Gasteiger partial charge in [0.15, 0.2) is 0 Å². The zero-order valence-corrected chi connectivity index (χ0v) is 11.0. The molecule has 2 aromatic rings. The first-order chi connectivity index (χ1) is 9.43. The largest absolute Gasteiger partial charge is 0.341 e. The van der Waals surface area contributed by atoms with Gasteiger partial charge in [0, 0.05) is 17.9 Å². The Morgan fingerprint density at radius 2 is 1.74 bits per heavy atom. The molecule has 0 N–H and O–H groups in total. The van der Waals surface area contributed by atoms with Crippen molar-refractivity contribution in [2.75, 3.05) is 11.4 Å². The van der Waals surface area contributed by atoms with Crippen LogP contribution in [0.3, 0.4) is 0 Å². The van der Waals surface area contributed by atoms with Crippen LogP contribution in [0.4, 0.5) is 11.4 Å². The molecule has 0 saturated carbocycles. The fraction of sp³-hybridized carbons (Fsp3) is 0.222. The van der Waals surface area contributed by atoms with E-state index < -0.39 is 0 Å². The van der Waals surface area contributed by atoms with Crippen LogP contribution in [0.15, 0.2) is 48.5 Å². The molecule has 0 saturated heterocycles. The number of para-hydroxylation sites is 1. The number of rotatable bonds is 1. The monoisotopic (exact) mass is 247 g/mol. The second-order valence-electron chi connectivity index (χ2n) is 5.31. The molecule has 0 atom stereocenters. The van der Waals surface area contributed by atoms with Crippen LogP contribution in [0.5, 0.6) is 0 Å². The predicted octanol–water partition coefficient (Wildman–Crippen LogP) is 4.34. The molecule has 1 aliphatic carbocycles. The number of hydrogen-bond donors (Lipinski definition) is 0. The Balaban J connectivity index is 1.82. The Morgan fingerprint density at radius 1 is 0.842 bits per heavy atom. The van der Waals surface area contributed by atoms with Crippen LogP contribution in [-0.2, 0) is 12.8 Å². The minimum atomic E-state index is 1.11. The smallest absolute Gasteiger partial charge is 0.0447 e. The summed E-state index contributed by atoms with van der Waals surface area (Å²) in [6.45, 7) is 1.11. The molecule has 19 heavy (non-hydrogen) atoms. The number of hydrogen-bond acceptors (Lipinski definition) is 1. The van der Waals surface area contributed by atoms with Gasteiger partial charge in [-0.1, -0.05) is 36.4 Å². The predicted molar refractivity (Wildman–Crippen MR) is 80.9 cm³/mol. The normalized spacial score (nSPS) is 16.3. The molecule has 0 unspecified atom stereocenters. The van der Waals surface area contributed by atoms with Crippen molar-refractivity contribution in [3.8, 4) is 0 Å². The highest BCUT2D eigenvalue weighted by Crippen LogP contribution is 2.39. The Morgan fingerprint density at radius 3 is 2.63 bits per heavy atom. The van der Waals surface area contributed by atoms with Crippen molar-refractivity contribution in [2.45, 2.75) is 19.3 Å². The van der Waals surface area contributed by atoms with Crippen molar-refractivity contribution in [2.24, 2.45) is 0 Å². The third-order valence-corrected chi connectivity index (χ3v) is 4.25. The topological polar surface area (TPSA) is 3.24 Å². The van der Waals surface area contributed by atoms with Gasteiger partial charge in [-0.2, -0.15) is 0 Å². The lowest BCUT2D eigenvalue weighted by molar-refractivity contribution is 0.944. The molecule has 2 aliphatic rings. The molecule has 0 spiro atoms. The Labute approximate surface area is 114 Å². The molecule has 0 bridgehead atoms. The second kappa shape index (κ2) is 4.27. The first kappa shape index (κ1) is 10.9. The van der Waals surface area contributed by atoms with Gasteiger partial charge in [0.25, 0.3) is 0 Å². The van der Waals surface area contributed by atoms with E-state index >= 15 is 0 Å². The number of allylic oxidation sites excluding steroid dienone is 1. The fourth-order valence-electron chi connectivity index (χ4n) is 3.34. The van der Waals surface area contributed by atoms with Gasteiger partial charge in [0.1, 0.15) is 0 Å². The lowest BCUT2D eigenvalue weighted by Crippen LogP contribution is -2.12. The zero-order valence-electron chi connectivity index (χ0n) is 11.0. The molecule has 4 rings (SSSR count). The minimum Gasteiger partial charge on any atom is -0.341 e. The van der Waals surface area contributed by atoms with Crippen LogP contribution in [0.1, 0.15) is 23.1 Å². The van der Waals surface area contributed by atoms with Crippen LogP contribution in [0.2, 0.25) is 0 Å². The summed E-state index contributed by atoms with van der Waals surface area (Å²) in [7, 11) is 0. The Bertz CT molecular complexity index is 640. The molecule has 1 heteroatoms. The maximum atomic E-state index is 2.45. The molecule has 1 heterocycles. The fourth-order valence-corrected chi connectivity index (χ4v) is 3.34. The highest BCUT2D eigenvalue weighted by atomic mass is 15.2. The molecular weight excluding hydrogens is 230 g/mol. The highest BCUT2D eigenvalue weighted by molar-refractivity contribution is 5.75. The molecule has 0 aromatic heterocycles. The van der Waals surface area contributed by atoms with E-state index in [0.717, 1.165) is 6.54 Å². The summed E-state index contributed by atoms with van der Waals surface area (Å²) in [6.07, 6.45) is 8.15. The van der Waals surface area contributed by atoms with Crippen molar-refractivity contribution in [1.29, 1.82) is 0 Å². The maximum absolute atomic E-state index is 2.45. The van der Waals surface area contributed by atoms with Crippen LogP contribution < -0.4 is 4.90 Å². The van der Waals surface area contributed by atoms with Crippen molar-refractivity contribution in [3.05, 3.63) is 65.2 Å². The van der Waals surface area contributed by atoms with E-state index in [9.17, 15) is 0 Å². The van der Waals surface area contributed by atoms with Crippen LogP contribution in [-0.4, -0.2) is 6.54 Å². The summed E-state index contributed by atoms with van der Waals surface area (Å²) >= 11 is 0. The van der Waals surface area contributed by atoms with E-state index in [2.05, 4.69) is 59.5 Å². The molecule has 94 valence electrons. The minimum absolute atomic E-state index is 1.11. The van der Waals surface area contributed by atoms with Gasteiger partial charge in [-0.15, -0.1) is 0 Å². The van der Waals surface area contributed by atoms with Gasteiger partial charge in [-0.05, 0) is 54.2 Å². The van der Waals surface area contributed by atoms with E-state index in [0.29, 0.717) is 0 Å². The summed E-state index contributed by atoms with van der Waals surface area (Å²) < 4.78 is 0. The number of benzene rings is 2. The molecule has 1 nitrogen and oxygen atoms in total. The van der Waals surface area contributed by atoms with Crippen molar-refractivity contribution in [1.82, 2.24) is 0 Å². The first-order valence-corrected chi connectivity index (χ1v) is 7.07. The number of anilines is 2. The average Bonchev–Trinajstić information content (AvgIpc) is 2.92. The van der Waals surface area contributed by atoms with E-state index in [1.165, 1.54) is 36.2 Å². The molecule has 0 amide bonds. The van der Waals surface area contributed by atoms with E-state index in [1.807, 2.05) is 0 Å². The molecule has 0 fully saturated rings. The second-order valence-corrected chi connectivity index (χ2v) is 5.31. The SMILES string of the molecule is C1=Cc2ccc3c(c2CC1)CCN3c1ccccc1. The van der Waals surface area contributed by atoms with Gasteiger partial charge in [0.05, 0.1) is 0 Å². The van der Waals surface area contributed by atoms with E-state index in [1.54, 1.807) is 11.1 Å². The van der Waals surface area contributed by atoms with E-state index in [4.69, 9.17) is 0 Å². The number of fused-ring (bicyclic) bond motifs is 3. The van der Waals surface area contributed by atoms with Crippen LogP contribution >= 0.6 is 0 Å². The van der Waals surface area contributed by atoms with E-state index in [-0.39, 0.29) is 0 Å². The average molecular weight is 247 g/mol.